The summed E-state index contributed by atoms with van der Waals surface area (Å²) < 4.78 is 6.68. The molecule has 0 amide bonds. The summed E-state index contributed by atoms with van der Waals surface area (Å²) in [5.41, 5.74) is 1.46. The largest absolute Gasteiger partial charge is 0.480 e. The SMILES string of the molecule is COc1cc(C)n(-c2c(Cl)cc(Cl)cc2Cl)n1. The number of aryl methyl sites for hydroxylation is 1. The van der Waals surface area contributed by atoms with Gasteiger partial charge in [0.15, 0.2) is 0 Å². The second kappa shape index (κ2) is 4.77. The van der Waals surface area contributed by atoms with Gasteiger partial charge in [-0.05, 0) is 19.1 Å². The molecule has 17 heavy (non-hydrogen) atoms. The zero-order valence-corrected chi connectivity index (χ0v) is 11.4. The second-order valence-electron chi connectivity index (χ2n) is 3.46. The van der Waals surface area contributed by atoms with E-state index >= 15 is 0 Å². The number of hydrogen-bond acceptors (Lipinski definition) is 2. The number of rotatable bonds is 2. The van der Waals surface area contributed by atoms with Gasteiger partial charge in [-0.25, -0.2) is 4.68 Å². The molecule has 0 aliphatic rings. The molecule has 0 aliphatic heterocycles. The summed E-state index contributed by atoms with van der Waals surface area (Å²) in [6, 6.07) is 5.04. The van der Waals surface area contributed by atoms with Crippen LogP contribution in [0, 0.1) is 6.92 Å². The van der Waals surface area contributed by atoms with Crippen LogP contribution in [-0.2, 0) is 0 Å². The van der Waals surface area contributed by atoms with E-state index in [4.69, 9.17) is 39.5 Å². The number of halogens is 3. The lowest BCUT2D eigenvalue weighted by atomic mass is 10.3. The molecule has 3 nitrogen and oxygen atoms in total. The van der Waals surface area contributed by atoms with Crippen molar-refractivity contribution in [2.45, 2.75) is 6.92 Å². The van der Waals surface area contributed by atoms with Crippen LogP contribution >= 0.6 is 34.8 Å². The summed E-state index contributed by atoms with van der Waals surface area (Å²) in [7, 11) is 1.55. The molecule has 0 saturated heterocycles. The normalized spacial score (nSPS) is 10.6. The van der Waals surface area contributed by atoms with Gasteiger partial charge < -0.3 is 4.74 Å². The number of methoxy groups -OCH3 is 1. The first kappa shape index (κ1) is 12.6. The number of hydrogen-bond donors (Lipinski definition) is 0. The van der Waals surface area contributed by atoms with E-state index in [1.807, 2.05) is 6.92 Å². The Hall–Kier alpha value is -0.900. The zero-order valence-electron chi connectivity index (χ0n) is 9.17. The van der Waals surface area contributed by atoms with Crippen molar-refractivity contribution in [1.82, 2.24) is 9.78 Å². The van der Waals surface area contributed by atoms with Gasteiger partial charge in [-0.1, -0.05) is 34.8 Å². The van der Waals surface area contributed by atoms with Gasteiger partial charge in [-0.3, -0.25) is 0 Å². The lowest BCUT2D eigenvalue weighted by Crippen LogP contribution is -2.01. The van der Waals surface area contributed by atoms with Crippen LogP contribution in [0.1, 0.15) is 5.69 Å². The Labute approximate surface area is 114 Å². The van der Waals surface area contributed by atoms with Gasteiger partial charge in [0.2, 0.25) is 5.88 Å². The third kappa shape index (κ3) is 2.37. The minimum absolute atomic E-state index is 0.441. The van der Waals surface area contributed by atoms with Crippen LogP contribution in [0.4, 0.5) is 0 Å². The van der Waals surface area contributed by atoms with Gasteiger partial charge in [0.1, 0.15) is 5.69 Å². The van der Waals surface area contributed by atoms with Crippen molar-refractivity contribution >= 4 is 34.8 Å². The van der Waals surface area contributed by atoms with E-state index in [1.165, 1.54) is 0 Å². The van der Waals surface area contributed by atoms with Crippen LogP contribution < -0.4 is 4.74 Å². The topological polar surface area (TPSA) is 27.1 Å². The summed E-state index contributed by atoms with van der Waals surface area (Å²) in [4.78, 5) is 0. The van der Waals surface area contributed by atoms with Crippen LogP contribution in [0.3, 0.4) is 0 Å². The van der Waals surface area contributed by atoms with Crippen LogP contribution in [0.25, 0.3) is 5.69 Å². The van der Waals surface area contributed by atoms with Gasteiger partial charge in [-0.15, -0.1) is 5.10 Å². The Balaban J connectivity index is 2.63. The van der Waals surface area contributed by atoms with Gasteiger partial charge in [0.05, 0.1) is 17.2 Å². The molecular weight excluding hydrogens is 282 g/mol. The lowest BCUT2D eigenvalue weighted by molar-refractivity contribution is 0.394. The zero-order chi connectivity index (χ0) is 12.6. The maximum Gasteiger partial charge on any atom is 0.233 e. The van der Waals surface area contributed by atoms with E-state index in [9.17, 15) is 0 Å². The van der Waals surface area contributed by atoms with Gasteiger partial charge in [-0.2, -0.15) is 0 Å². The fraction of sp³-hybridized carbons (Fsp3) is 0.182. The first-order valence-electron chi connectivity index (χ1n) is 4.78. The monoisotopic (exact) mass is 290 g/mol. The molecule has 0 N–H and O–H groups in total. The molecule has 6 heteroatoms. The molecule has 0 aliphatic carbocycles. The summed E-state index contributed by atoms with van der Waals surface area (Å²) >= 11 is 18.1. The quantitative estimate of drug-likeness (QED) is 0.831. The van der Waals surface area contributed by atoms with Crippen LogP contribution in [0.15, 0.2) is 18.2 Å². The van der Waals surface area contributed by atoms with Gasteiger partial charge >= 0.3 is 0 Å². The highest BCUT2D eigenvalue weighted by atomic mass is 35.5. The van der Waals surface area contributed by atoms with E-state index in [1.54, 1.807) is 30.0 Å². The molecule has 0 fully saturated rings. The third-order valence-corrected chi connectivity index (χ3v) is 3.06. The van der Waals surface area contributed by atoms with Crippen LogP contribution in [0.5, 0.6) is 5.88 Å². The van der Waals surface area contributed by atoms with E-state index in [-0.39, 0.29) is 0 Å². The molecule has 0 radical (unpaired) electrons. The maximum absolute atomic E-state index is 6.12. The number of benzene rings is 1. The number of aromatic nitrogens is 2. The van der Waals surface area contributed by atoms with Gasteiger partial charge in [0, 0.05) is 16.8 Å². The third-order valence-electron chi connectivity index (χ3n) is 2.27. The fourth-order valence-electron chi connectivity index (χ4n) is 1.51. The van der Waals surface area contributed by atoms with Crippen LogP contribution in [0.2, 0.25) is 15.1 Å². The molecule has 0 unspecified atom stereocenters. The van der Waals surface area contributed by atoms with Crippen molar-refractivity contribution < 1.29 is 4.74 Å². The molecule has 0 saturated carbocycles. The molecule has 1 aromatic heterocycles. The van der Waals surface area contributed by atoms with Crippen molar-refractivity contribution in [2.24, 2.45) is 0 Å². The standard InChI is InChI=1S/C11H9Cl3N2O/c1-6-3-10(17-2)15-16(6)11-8(13)4-7(12)5-9(11)14/h3-5H,1-2H3. The average Bonchev–Trinajstić information content (AvgIpc) is 2.59. The molecule has 0 atom stereocenters. The maximum atomic E-state index is 6.12. The van der Waals surface area contributed by atoms with E-state index < -0.39 is 0 Å². The number of nitrogens with zero attached hydrogens (tertiary/aromatic N) is 2. The molecule has 1 heterocycles. The highest BCUT2D eigenvalue weighted by Gasteiger charge is 2.14. The van der Waals surface area contributed by atoms with Crippen molar-refractivity contribution in [1.29, 1.82) is 0 Å². The summed E-state index contributed by atoms with van der Waals surface area (Å²) in [5.74, 6) is 0.504. The average molecular weight is 292 g/mol. The summed E-state index contributed by atoms with van der Waals surface area (Å²) in [5, 5.41) is 5.60. The highest BCUT2D eigenvalue weighted by molar-refractivity contribution is 6.40. The molecule has 2 rings (SSSR count). The first-order valence-corrected chi connectivity index (χ1v) is 5.92. The molecule has 90 valence electrons. The van der Waals surface area contributed by atoms with Gasteiger partial charge in [0.25, 0.3) is 0 Å². The predicted octanol–water partition coefficient (Wildman–Crippen LogP) is 4.15. The van der Waals surface area contributed by atoms with Crippen molar-refractivity contribution in [2.75, 3.05) is 7.11 Å². The molecule has 0 bridgehead atoms. The minimum atomic E-state index is 0.441. The van der Waals surface area contributed by atoms with Crippen molar-refractivity contribution in [3.8, 4) is 11.6 Å². The minimum Gasteiger partial charge on any atom is -0.480 e. The Bertz CT molecular complexity index is 543. The van der Waals surface area contributed by atoms with Crippen molar-refractivity contribution in [3.63, 3.8) is 0 Å². The Morgan fingerprint density at radius 1 is 1.12 bits per heavy atom. The van der Waals surface area contributed by atoms with Crippen molar-refractivity contribution in [3.05, 3.63) is 39.0 Å². The number of ether oxygens (including phenoxy) is 1. The first-order chi connectivity index (χ1) is 8.02. The molecule has 2 aromatic rings. The Kier molecular flexibility index (Phi) is 3.52. The summed E-state index contributed by atoms with van der Waals surface area (Å²) in [6.45, 7) is 1.89. The summed E-state index contributed by atoms with van der Waals surface area (Å²) in [6.07, 6.45) is 0. The lowest BCUT2D eigenvalue weighted by Gasteiger charge is -2.09. The van der Waals surface area contributed by atoms with E-state index in [2.05, 4.69) is 5.10 Å². The van der Waals surface area contributed by atoms with Crippen LogP contribution in [-0.4, -0.2) is 16.9 Å². The Morgan fingerprint density at radius 2 is 1.71 bits per heavy atom. The predicted molar refractivity (Wildman–Crippen MR) is 69.9 cm³/mol. The molecule has 1 aromatic carbocycles. The highest BCUT2D eigenvalue weighted by Crippen LogP contribution is 2.33. The Morgan fingerprint density at radius 3 is 2.18 bits per heavy atom. The van der Waals surface area contributed by atoms with E-state index in [0.717, 1.165) is 5.69 Å². The van der Waals surface area contributed by atoms with E-state index in [0.29, 0.717) is 26.6 Å². The second-order valence-corrected chi connectivity index (χ2v) is 4.71. The molecule has 0 spiro atoms. The smallest absolute Gasteiger partial charge is 0.233 e. The fourth-order valence-corrected chi connectivity index (χ4v) is 2.49. The molecular formula is C11H9Cl3N2O.